The van der Waals surface area contributed by atoms with Crippen molar-refractivity contribution in [1.82, 2.24) is 0 Å². The first-order chi connectivity index (χ1) is 10.4. The third kappa shape index (κ3) is 1.45. The van der Waals surface area contributed by atoms with Crippen LogP contribution in [0.2, 0.25) is 0 Å². The molecule has 0 heteroatoms. The van der Waals surface area contributed by atoms with E-state index in [4.69, 9.17) is 0 Å². The molecule has 1 atom stereocenters. The Hall–Kier alpha value is -2.60. The van der Waals surface area contributed by atoms with E-state index < -0.39 is 0 Å². The smallest absolute Gasteiger partial charge is 0.0290 e. The largest absolute Gasteiger partial charge is 0.0647 e. The van der Waals surface area contributed by atoms with Crippen LogP contribution in [0, 0.1) is 0 Å². The quantitative estimate of drug-likeness (QED) is 0.583. The zero-order valence-corrected chi connectivity index (χ0v) is 11.6. The highest BCUT2D eigenvalue weighted by atomic mass is 14.3. The molecule has 0 fully saturated rings. The number of hydrogen-bond acceptors (Lipinski definition) is 0. The van der Waals surface area contributed by atoms with Crippen molar-refractivity contribution in [3.8, 4) is 0 Å². The number of benzene rings is 3. The van der Waals surface area contributed by atoms with Crippen LogP contribution in [0.1, 0.15) is 17.0 Å². The maximum Gasteiger partial charge on any atom is 0.0290 e. The first-order valence-electron chi connectivity index (χ1n) is 7.43. The molecule has 0 N–H and O–H groups in total. The van der Waals surface area contributed by atoms with E-state index in [-0.39, 0.29) is 0 Å². The second kappa shape index (κ2) is 3.95. The van der Waals surface area contributed by atoms with Crippen LogP contribution in [0.5, 0.6) is 0 Å². The molecule has 0 radical (unpaired) electrons. The lowest BCUT2D eigenvalue weighted by Crippen LogP contribution is -2.21. The summed E-state index contributed by atoms with van der Waals surface area (Å²) in [6.45, 7) is 0. The van der Waals surface area contributed by atoms with Crippen LogP contribution in [0.4, 0.5) is 0 Å². The topological polar surface area (TPSA) is 0 Å². The molecule has 5 rings (SSSR count). The zero-order valence-electron chi connectivity index (χ0n) is 11.6. The highest BCUT2D eigenvalue weighted by Crippen LogP contribution is 2.39. The fourth-order valence-corrected chi connectivity index (χ4v) is 3.74. The molecule has 3 aromatic carbocycles. The predicted molar refractivity (Wildman–Crippen MR) is 89.3 cm³/mol. The molecule has 2 aliphatic carbocycles. The maximum absolute atomic E-state index is 2.40. The second-order valence-electron chi connectivity index (χ2n) is 5.81. The highest BCUT2D eigenvalue weighted by molar-refractivity contribution is 5.97. The van der Waals surface area contributed by atoms with Crippen molar-refractivity contribution in [1.29, 1.82) is 0 Å². The van der Waals surface area contributed by atoms with Crippen LogP contribution in [0.3, 0.4) is 0 Å². The maximum atomic E-state index is 2.40. The Morgan fingerprint density at radius 3 is 2.57 bits per heavy atom. The predicted octanol–water partition coefficient (Wildman–Crippen LogP) is 3.60. The molecule has 0 nitrogen and oxygen atoms in total. The van der Waals surface area contributed by atoms with Crippen LogP contribution in [0.25, 0.3) is 28.5 Å². The molecule has 1 unspecified atom stereocenters. The van der Waals surface area contributed by atoms with Crippen molar-refractivity contribution < 1.29 is 0 Å². The molecule has 0 bridgehead atoms. The van der Waals surface area contributed by atoms with E-state index in [2.05, 4.69) is 78.9 Å². The van der Waals surface area contributed by atoms with Gasteiger partial charge in [-0.05, 0) is 37.9 Å². The van der Waals surface area contributed by atoms with Crippen LogP contribution in [0.15, 0.2) is 66.7 Å². The minimum atomic E-state index is 0.409. The summed E-state index contributed by atoms with van der Waals surface area (Å²) < 4.78 is 0. The van der Waals surface area contributed by atoms with Gasteiger partial charge in [0.2, 0.25) is 0 Å². The van der Waals surface area contributed by atoms with E-state index in [1.54, 1.807) is 0 Å². The molecular formula is C21H14. The van der Waals surface area contributed by atoms with Crippen molar-refractivity contribution in [3.63, 3.8) is 0 Å². The Kier molecular flexibility index (Phi) is 2.09. The summed E-state index contributed by atoms with van der Waals surface area (Å²) >= 11 is 0. The third-order valence-electron chi connectivity index (χ3n) is 4.72. The summed E-state index contributed by atoms with van der Waals surface area (Å²) in [5.74, 6) is 0.409. The Morgan fingerprint density at radius 1 is 0.714 bits per heavy atom. The van der Waals surface area contributed by atoms with Gasteiger partial charge in [0.05, 0.1) is 0 Å². The van der Waals surface area contributed by atoms with Crippen LogP contribution < -0.4 is 10.4 Å². The first kappa shape index (κ1) is 11.1. The van der Waals surface area contributed by atoms with Gasteiger partial charge in [-0.25, -0.2) is 0 Å². The molecule has 3 aromatic rings. The Bertz CT molecular complexity index is 1040. The molecule has 0 saturated heterocycles. The summed E-state index contributed by atoms with van der Waals surface area (Å²) in [5, 5.41) is 5.43. The minimum Gasteiger partial charge on any atom is -0.0647 e. The van der Waals surface area contributed by atoms with Crippen molar-refractivity contribution in [2.75, 3.05) is 0 Å². The van der Waals surface area contributed by atoms with Gasteiger partial charge < -0.3 is 0 Å². The van der Waals surface area contributed by atoms with E-state index in [1.165, 1.54) is 37.9 Å². The Balaban J connectivity index is 1.88. The standard InChI is InChI=1S/C21H14/c1-3-7-16-14(5-1)9-10-20-18(16)11-12-19-17-8-4-2-6-15(17)13-21(19)20/h1-13,21H. The van der Waals surface area contributed by atoms with Gasteiger partial charge in [-0.15, -0.1) is 0 Å². The Labute approximate surface area is 123 Å². The number of fused-ring (bicyclic) bond motifs is 6. The van der Waals surface area contributed by atoms with E-state index in [1.807, 2.05) is 0 Å². The average molecular weight is 266 g/mol. The average Bonchev–Trinajstić information content (AvgIpc) is 2.93. The SMILES string of the molecule is C1=Cc2c(ccc3ccccc23)C2C=c3ccccc3=C12. The zero-order chi connectivity index (χ0) is 13.8. The van der Waals surface area contributed by atoms with Gasteiger partial charge in [0.15, 0.2) is 0 Å². The van der Waals surface area contributed by atoms with Gasteiger partial charge in [0, 0.05) is 5.92 Å². The molecule has 98 valence electrons. The van der Waals surface area contributed by atoms with Gasteiger partial charge in [-0.2, -0.15) is 0 Å². The highest BCUT2D eigenvalue weighted by Gasteiger charge is 2.23. The van der Waals surface area contributed by atoms with Crippen LogP contribution in [-0.4, -0.2) is 0 Å². The molecule has 0 amide bonds. The number of hydrogen-bond donors (Lipinski definition) is 0. The summed E-state index contributed by atoms with van der Waals surface area (Å²) in [7, 11) is 0. The molecule has 0 saturated carbocycles. The molecule has 21 heavy (non-hydrogen) atoms. The number of allylic oxidation sites excluding steroid dienone is 1. The summed E-state index contributed by atoms with van der Waals surface area (Å²) in [6, 6.07) is 21.9. The van der Waals surface area contributed by atoms with Gasteiger partial charge in [-0.3, -0.25) is 0 Å². The minimum absolute atomic E-state index is 0.409. The molecule has 0 spiro atoms. The molecule has 2 aliphatic rings. The summed E-state index contributed by atoms with van der Waals surface area (Å²) in [5.41, 5.74) is 4.25. The van der Waals surface area contributed by atoms with Crippen molar-refractivity contribution in [3.05, 3.63) is 88.3 Å². The molecule has 0 heterocycles. The summed E-state index contributed by atoms with van der Waals surface area (Å²) in [6.07, 6.45) is 7.00. The van der Waals surface area contributed by atoms with E-state index in [0.29, 0.717) is 5.92 Å². The molecule has 0 aromatic heterocycles. The fraction of sp³-hybridized carbons (Fsp3) is 0.0476. The Morgan fingerprint density at radius 2 is 1.57 bits per heavy atom. The normalized spacial score (nSPS) is 18.1. The van der Waals surface area contributed by atoms with Crippen LogP contribution >= 0.6 is 0 Å². The van der Waals surface area contributed by atoms with Crippen molar-refractivity contribution in [2.24, 2.45) is 0 Å². The lowest BCUT2D eigenvalue weighted by atomic mass is 9.82. The summed E-state index contributed by atoms with van der Waals surface area (Å²) in [4.78, 5) is 0. The first-order valence-corrected chi connectivity index (χ1v) is 7.43. The second-order valence-corrected chi connectivity index (χ2v) is 5.81. The van der Waals surface area contributed by atoms with E-state index in [0.717, 1.165) is 0 Å². The molecular weight excluding hydrogens is 252 g/mol. The van der Waals surface area contributed by atoms with Gasteiger partial charge >= 0.3 is 0 Å². The van der Waals surface area contributed by atoms with Gasteiger partial charge in [-0.1, -0.05) is 78.9 Å². The fourth-order valence-electron chi connectivity index (χ4n) is 3.74. The van der Waals surface area contributed by atoms with Gasteiger partial charge in [0.25, 0.3) is 0 Å². The van der Waals surface area contributed by atoms with E-state index >= 15 is 0 Å². The molecule has 0 aliphatic heterocycles. The third-order valence-corrected chi connectivity index (χ3v) is 4.72. The van der Waals surface area contributed by atoms with Crippen LogP contribution in [-0.2, 0) is 0 Å². The number of rotatable bonds is 0. The van der Waals surface area contributed by atoms with Gasteiger partial charge in [0.1, 0.15) is 0 Å². The van der Waals surface area contributed by atoms with E-state index in [9.17, 15) is 0 Å². The van der Waals surface area contributed by atoms with Crippen molar-refractivity contribution >= 4 is 28.5 Å². The lowest BCUT2D eigenvalue weighted by Gasteiger charge is -2.21. The van der Waals surface area contributed by atoms with Crippen molar-refractivity contribution in [2.45, 2.75) is 5.92 Å². The monoisotopic (exact) mass is 266 g/mol. The lowest BCUT2D eigenvalue weighted by molar-refractivity contribution is 1.17.